The van der Waals surface area contributed by atoms with Crippen LogP contribution < -0.4 is 15.4 Å². The standard InChI is InChI=1S/C19H28N2O6/c1-25-12-19(24)21-15-8-7-14(27-17(15)11-22)9-18(23)20-10-13-5-3-4-6-16(13)26-2/h3-6,14-15,17,22H,7-12H2,1-2H3,(H,20,23)(H,21,24)/t14-,15-,17+/m1/s1. The first-order valence-corrected chi connectivity index (χ1v) is 9.00. The second kappa shape index (κ2) is 10.9. The average Bonchev–Trinajstić information content (AvgIpc) is 2.68. The van der Waals surface area contributed by atoms with Crippen LogP contribution in [0.4, 0.5) is 0 Å². The number of para-hydroxylation sites is 1. The number of rotatable bonds is 9. The van der Waals surface area contributed by atoms with Gasteiger partial charge >= 0.3 is 0 Å². The molecule has 0 bridgehead atoms. The Morgan fingerprint density at radius 3 is 2.70 bits per heavy atom. The van der Waals surface area contributed by atoms with E-state index in [1.54, 1.807) is 7.11 Å². The lowest BCUT2D eigenvalue weighted by Gasteiger charge is -2.35. The summed E-state index contributed by atoms with van der Waals surface area (Å²) in [7, 11) is 3.04. The van der Waals surface area contributed by atoms with Crippen LogP contribution in [0, 0.1) is 0 Å². The number of carbonyl (C=O) groups is 2. The molecule has 0 unspecified atom stereocenters. The quantitative estimate of drug-likeness (QED) is 0.572. The summed E-state index contributed by atoms with van der Waals surface area (Å²) in [6, 6.07) is 7.21. The zero-order valence-electron chi connectivity index (χ0n) is 15.8. The van der Waals surface area contributed by atoms with Crippen molar-refractivity contribution in [2.75, 3.05) is 27.4 Å². The van der Waals surface area contributed by atoms with Gasteiger partial charge in [0.2, 0.25) is 11.8 Å². The Hall–Kier alpha value is -2.16. The van der Waals surface area contributed by atoms with E-state index in [4.69, 9.17) is 14.2 Å². The normalized spacial score (nSPS) is 22.1. The zero-order valence-corrected chi connectivity index (χ0v) is 15.8. The fraction of sp³-hybridized carbons (Fsp3) is 0.579. The molecule has 0 spiro atoms. The first-order valence-electron chi connectivity index (χ1n) is 9.00. The van der Waals surface area contributed by atoms with Crippen LogP contribution >= 0.6 is 0 Å². The molecule has 1 heterocycles. The largest absolute Gasteiger partial charge is 0.496 e. The lowest BCUT2D eigenvalue weighted by Crippen LogP contribution is -2.52. The molecular formula is C19H28N2O6. The molecule has 0 saturated carbocycles. The maximum atomic E-state index is 12.2. The third-order valence-electron chi connectivity index (χ3n) is 4.50. The smallest absolute Gasteiger partial charge is 0.246 e. The van der Waals surface area contributed by atoms with Crippen molar-refractivity contribution in [3.05, 3.63) is 29.8 Å². The molecule has 0 aliphatic carbocycles. The molecule has 3 N–H and O–H groups in total. The van der Waals surface area contributed by atoms with Crippen LogP contribution in [-0.2, 0) is 25.6 Å². The molecule has 0 radical (unpaired) electrons. The van der Waals surface area contributed by atoms with Gasteiger partial charge in [-0.2, -0.15) is 0 Å². The van der Waals surface area contributed by atoms with Crippen molar-refractivity contribution >= 4 is 11.8 Å². The molecule has 2 rings (SSSR count). The van der Waals surface area contributed by atoms with Crippen LogP contribution in [-0.4, -0.2) is 62.6 Å². The molecule has 0 aromatic heterocycles. The fourth-order valence-electron chi connectivity index (χ4n) is 3.15. The topological polar surface area (TPSA) is 106 Å². The highest BCUT2D eigenvalue weighted by Crippen LogP contribution is 2.22. The zero-order chi connectivity index (χ0) is 19.6. The molecule has 150 valence electrons. The molecule has 1 fully saturated rings. The number of amides is 2. The summed E-state index contributed by atoms with van der Waals surface area (Å²) in [5.41, 5.74) is 0.895. The number of benzene rings is 1. The van der Waals surface area contributed by atoms with Gasteiger partial charge in [-0.05, 0) is 18.9 Å². The number of methoxy groups -OCH3 is 2. The van der Waals surface area contributed by atoms with Crippen molar-refractivity contribution in [2.45, 2.75) is 44.1 Å². The van der Waals surface area contributed by atoms with E-state index < -0.39 is 6.10 Å². The highest BCUT2D eigenvalue weighted by Gasteiger charge is 2.32. The minimum Gasteiger partial charge on any atom is -0.496 e. The van der Waals surface area contributed by atoms with Crippen molar-refractivity contribution in [1.29, 1.82) is 0 Å². The molecule has 8 nitrogen and oxygen atoms in total. The van der Waals surface area contributed by atoms with Crippen LogP contribution in [0.1, 0.15) is 24.8 Å². The molecular weight excluding hydrogens is 352 g/mol. The van der Waals surface area contributed by atoms with Gasteiger partial charge in [-0.3, -0.25) is 9.59 Å². The summed E-state index contributed by atoms with van der Waals surface area (Å²) >= 11 is 0. The summed E-state index contributed by atoms with van der Waals surface area (Å²) in [5.74, 6) is 0.337. The van der Waals surface area contributed by atoms with Crippen molar-refractivity contribution in [3.63, 3.8) is 0 Å². The SMILES string of the molecule is COCC(=O)N[C@@H]1CC[C@H](CC(=O)NCc2ccccc2OC)O[C@H]1CO. The van der Waals surface area contributed by atoms with Crippen LogP contribution in [0.5, 0.6) is 5.75 Å². The van der Waals surface area contributed by atoms with Crippen LogP contribution in [0.25, 0.3) is 0 Å². The van der Waals surface area contributed by atoms with Crippen LogP contribution in [0.2, 0.25) is 0 Å². The molecule has 1 aromatic carbocycles. The number of aliphatic hydroxyl groups excluding tert-OH is 1. The number of ether oxygens (including phenoxy) is 3. The van der Waals surface area contributed by atoms with Gasteiger partial charge < -0.3 is 30.0 Å². The van der Waals surface area contributed by atoms with E-state index in [2.05, 4.69) is 10.6 Å². The van der Waals surface area contributed by atoms with E-state index >= 15 is 0 Å². The molecule has 1 aliphatic rings. The molecule has 1 saturated heterocycles. The Labute approximate surface area is 159 Å². The molecule has 2 amide bonds. The lowest BCUT2D eigenvalue weighted by atomic mass is 9.97. The van der Waals surface area contributed by atoms with Crippen molar-refractivity contribution < 1.29 is 28.9 Å². The van der Waals surface area contributed by atoms with Gasteiger partial charge in [-0.15, -0.1) is 0 Å². The van der Waals surface area contributed by atoms with E-state index in [9.17, 15) is 14.7 Å². The number of nitrogens with one attached hydrogen (secondary N) is 2. The maximum absolute atomic E-state index is 12.2. The Balaban J connectivity index is 1.80. The van der Waals surface area contributed by atoms with E-state index in [-0.39, 0.29) is 43.6 Å². The lowest BCUT2D eigenvalue weighted by molar-refractivity contribution is -0.137. The van der Waals surface area contributed by atoms with Crippen LogP contribution in [0.3, 0.4) is 0 Å². The van der Waals surface area contributed by atoms with Crippen molar-refractivity contribution in [3.8, 4) is 5.75 Å². The van der Waals surface area contributed by atoms with Gasteiger partial charge in [0.1, 0.15) is 18.5 Å². The third kappa shape index (κ3) is 6.50. The summed E-state index contributed by atoms with van der Waals surface area (Å²) in [4.78, 5) is 23.9. The number of hydrogen-bond acceptors (Lipinski definition) is 6. The number of carbonyl (C=O) groups excluding carboxylic acids is 2. The Kier molecular flexibility index (Phi) is 8.50. The number of hydrogen-bond donors (Lipinski definition) is 3. The summed E-state index contributed by atoms with van der Waals surface area (Å²) < 4.78 is 15.9. The highest BCUT2D eigenvalue weighted by molar-refractivity contribution is 5.77. The Bertz CT molecular complexity index is 624. The van der Waals surface area contributed by atoms with E-state index in [0.29, 0.717) is 19.4 Å². The molecule has 3 atom stereocenters. The predicted molar refractivity (Wildman–Crippen MR) is 98.2 cm³/mol. The van der Waals surface area contributed by atoms with Gasteiger partial charge in [0.25, 0.3) is 0 Å². The van der Waals surface area contributed by atoms with Gasteiger partial charge in [-0.25, -0.2) is 0 Å². The Morgan fingerprint density at radius 1 is 1.22 bits per heavy atom. The second-order valence-electron chi connectivity index (χ2n) is 6.46. The monoisotopic (exact) mass is 380 g/mol. The molecule has 8 heteroatoms. The second-order valence-corrected chi connectivity index (χ2v) is 6.46. The molecule has 1 aliphatic heterocycles. The fourth-order valence-corrected chi connectivity index (χ4v) is 3.15. The van der Waals surface area contributed by atoms with E-state index in [0.717, 1.165) is 11.3 Å². The minimum absolute atomic E-state index is 0.0383. The van der Waals surface area contributed by atoms with Gasteiger partial charge in [-0.1, -0.05) is 18.2 Å². The van der Waals surface area contributed by atoms with E-state index in [1.165, 1.54) is 7.11 Å². The minimum atomic E-state index is -0.536. The van der Waals surface area contributed by atoms with Crippen LogP contribution in [0.15, 0.2) is 24.3 Å². The Morgan fingerprint density at radius 2 is 2.00 bits per heavy atom. The van der Waals surface area contributed by atoms with Gasteiger partial charge in [0.05, 0.1) is 32.3 Å². The average molecular weight is 380 g/mol. The van der Waals surface area contributed by atoms with Crippen molar-refractivity contribution in [2.24, 2.45) is 0 Å². The van der Waals surface area contributed by atoms with Gasteiger partial charge in [0, 0.05) is 19.2 Å². The van der Waals surface area contributed by atoms with Crippen molar-refractivity contribution in [1.82, 2.24) is 10.6 Å². The summed E-state index contributed by atoms with van der Waals surface area (Å²) in [6.07, 6.45) is 0.619. The highest BCUT2D eigenvalue weighted by atomic mass is 16.5. The third-order valence-corrected chi connectivity index (χ3v) is 4.50. The summed E-state index contributed by atoms with van der Waals surface area (Å²) in [5, 5.41) is 15.2. The predicted octanol–water partition coefficient (Wildman–Crippen LogP) is 0.373. The summed E-state index contributed by atoms with van der Waals surface area (Å²) in [6.45, 7) is 0.107. The van der Waals surface area contributed by atoms with E-state index in [1.807, 2.05) is 24.3 Å². The first-order chi connectivity index (χ1) is 13.1. The van der Waals surface area contributed by atoms with Gasteiger partial charge in [0.15, 0.2) is 0 Å². The number of aliphatic hydroxyl groups is 1. The maximum Gasteiger partial charge on any atom is 0.246 e. The molecule has 27 heavy (non-hydrogen) atoms. The first kappa shape index (κ1) is 21.1. The molecule has 1 aromatic rings.